The van der Waals surface area contributed by atoms with Gasteiger partial charge in [0.2, 0.25) is 0 Å². The van der Waals surface area contributed by atoms with Crippen LogP contribution in [0.4, 0.5) is 4.39 Å². The molecule has 1 heterocycles. The zero-order valence-corrected chi connectivity index (χ0v) is 10.3. The molecule has 0 saturated heterocycles. The number of benzene rings is 2. The first-order valence-electron chi connectivity index (χ1n) is 5.91. The van der Waals surface area contributed by atoms with E-state index in [-0.39, 0.29) is 11.3 Å². The van der Waals surface area contributed by atoms with Crippen molar-refractivity contribution in [1.29, 1.82) is 0 Å². The molecular weight excluding hydrogens is 261 g/mol. The first kappa shape index (κ1) is 12.2. The number of aromatic nitrogens is 1. The number of aromatic amines is 1. The summed E-state index contributed by atoms with van der Waals surface area (Å²) in [6, 6.07) is 10.5. The van der Waals surface area contributed by atoms with Crippen LogP contribution in [0.5, 0.6) is 11.5 Å². The van der Waals surface area contributed by atoms with Gasteiger partial charge in [0.15, 0.2) is 0 Å². The molecule has 0 unspecified atom stereocenters. The molecule has 0 bridgehead atoms. The van der Waals surface area contributed by atoms with Gasteiger partial charge in [-0.1, -0.05) is 0 Å². The first-order chi connectivity index (χ1) is 9.63. The molecule has 0 saturated carbocycles. The number of carboxylic acid groups (broad SMARTS) is 1. The summed E-state index contributed by atoms with van der Waals surface area (Å²) in [5.74, 6) is -1.28. The third-order valence-corrected chi connectivity index (χ3v) is 2.93. The van der Waals surface area contributed by atoms with E-state index < -0.39 is 11.8 Å². The fraction of sp³-hybridized carbons (Fsp3) is 0. The lowest BCUT2D eigenvalue weighted by molar-refractivity contribution is 0.0694. The van der Waals surface area contributed by atoms with E-state index in [2.05, 4.69) is 4.98 Å². The van der Waals surface area contributed by atoms with Crippen LogP contribution in [0.15, 0.2) is 48.7 Å². The van der Waals surface area contributed by atoms with E-state index in [0.717, 1.165) is 23.0 Å². The Bertz CT molecular complexity index is 795. The van der Waals surface area contributed by atoms with Crippen molar-refractivity contribution in [3.8, 4) is 11.5 Å². The maximum Gasteiger partial charge on any atom is 0.339 e. The zero-order valence-electron chi connectivity index (χ0n) is 10.3. The maximum atomic E-state index is 13.2. The number of rotatable bonds is 3. The van der Waals surface area contributed by atoms with Crippen molar-refractivity contribution in [1.82, 2.24) is 4.98 Å². The SMILES string of the molecule is O=C(O)c1ccc(F)cc1Oc1ccc2[nH]ccc2c1. The molecule has 0 aliphatic rings. The van der Waals surface area contributed by atoms with Crippen LogP contribution in [0.3, 0.4) is 0 Å². The number of nitrogens with one attached hydrogen (secondary N) is 1. The number of fused-ring (bicyclic) bond motifs is 1. The summed E-state index contributed by atoms with van der Waals surface area (Å²) < 4.78 is 18.7. The number of carboxylic acids is 1. The molecule has 0 aliphatic heterocycles. The minimum atomic E-state index is -1.16. The fourth-order valence-electron chi connectivity index (χ4n) is 1.98. The minimum Gasteiger partial charge on any atom is -0.478 e. The number of hydrogen-bond acceptors (Lipinski definition) is 2. The number of carbonyl (C=O) groups is 1. The highest BCUT2D eigenvalue weighted by Gasteiger charge is 2.13. The summed E-state index contributed by atoms with van der Waals surface area (Å²) in [4.78, 5) is 14.1. The predicted molar refractivity (Wildman–Crippen MR) is 71.7 cm³/mol. The topological polar surface area (TPSA) is 62.3 Å². The van der Waals surface area contributed by atoms with Crippen molar-refractivity contribution in [2.45, 2.75) is 0 Å². The molecule has 3 rings (SSSR count). The maximum absolute atomic E-state index is 13.2. The van der Waals surface area contributed by atoms with E-state index >= 15 is 0 Å². The quantitative estimate of drug-likeness (QED) is 0.761. The van der Waals surface area contributed by atoms with Gasteiger partial charge in [-0.05, 0) is 36.4 Å². The Kier molecular flexibility index (Phi) is 2.87. The highest BCUT2D eigenvalue weighted by molar-refractivity contribution is 5.91. The smallest absolute Gasteiger partial charge is 0.339 e. The molecule has 0 spiro atoms. The standard InChI is InChI=1S/C15H10FNO3/c16-10-1-3-12(15(18)19)14(8-10)20-11-2-4-13-9(7-11)5-6-17-13/h1-8,17H,(H,18,19). The Labute approximate surface area is 113 Å². The summed E-state index contributed by atoms with van der Waals surface area (Å²) in [5, 5.41) is 9.99. The van der Waals surface area contributed by atoms with Crippen LogP contribution in [0.25, 0.3) is 10.9 Å². The van der Waals surface area contributed by atoms with Crippen molar-refractivity contribution < 1.29 is 19.0 Å². The van der Waals surface area contributed by atoms with Crippen LogP contribution < -0.4 is 4.74 Å². The van der Waals surface area contributed by atoms with Gasteiger partial charge in [0.25, 0.3) is 0 Å². The molecule has 100 valence electrons. The van der Waals surface area contributed by atoms with Gasteiger partial charge in [-0.2, -0.15) is 0 Å². The molecule has 0 atom stereocenters. The number of ether oxygens (including phenoxy) is 1. The van der Waals surface area contributed by atoms with Gasteiger partial charge in [0.05, 0.1) is 0 Å². The second kappa shape index (κ2) is 4.70. The Hall–Kier alpha value is -2.82. The van der Waals surface area contributed by atoms with Crippen LogP contribution in [0.2, 0.25) is 0 Å². The number of hydrogen-bond donors (Lipinski definition) is 2. The molecule has 20 heavy (non-hydrogen) atoms. The molecular formula is C15H10FNO3. The number of H-pyrrole nitrogens is 1. The van der Waals surface area contributed by atoms with Crippen LogP contribution in [0, 0.1) is 5.82 Å². The zero-order chi connectivity index (χ0) is 14.1. The van der Waals surface area contributed by atoms with Gasteiger partial charge in [-0.15, -0.1) is 0 Å². The molecule has 0 amide bonds. The van der Waals surface area contributed by atoms with Crippen molar-refractivity contribution in [3.63, 3.8) is 0 Å². The summed E-state index contributed by atoms with van der Waals surface area (Å²) >= 11 is 0. The van der Waals surface area contributed by atoms with Crippen molar-refractivity contribution in [2.75, 3.05) is 0 Å². The third kappa shape index (κ3) is 2.21. The van der Waals surface area contributed by atoms with Gasteiger partial charge in [-0.25, -0.2) is 9.18 Å². The van der Waals surface area contributed by atoms with E-state index in [9.17, 15) is 9.18 Å². The van der Waals surface area contributed by atoms with Crippen LogP contribution in [0.1, 0.15) is 10.4 Å². The van der Waals surface area contributed by atoms with Crippen LogP contribution >= 0.6 is 0 Å². The van der Waals surface area contributed by atoms with E-state index in [1.807, 2.05) is 12.1 Å². The Balaban J connectivity index is 2.01. The first-order valence-corrected chi connectivity index (χ1v) is 5.91. The summed E-state index contributed by atoms with van der Waals surface area (Å²) in [5.41, 5.74) is 0.857. The minimum absolute atomic E-state index is 0.0209. The molecule has 2 aromatic carbocycles. The molecule has 0 radical (unpaired) electrons. The lowest BCUT2D eigenvalue weighted by atomic mass is 10.2. The average Bonchev–Trinajstić information content (AvgIpc) is 2.85. The van der Waals surface area contributed by atoms with Gasteiger partial charge in [0.1, 0.15) is 22.9 Å². The van der Waals surface area contributed by atoms with Crippen LogP contribution in [-0.2, 0) is 0 Å². The van der Waals surface area contributed by atoms with E-state index in [4.69, 9.17) is 9.84 Å². The lowest BCUT2D eigenvalue weighted by Crippen LogP contribution is -2.00. The van der Waals surface area contributed by atoms with E-state index in [1.165, 1.54) is 6.07 Å². The molecule has 0 aliphatic carbocycles. The molecule has 1 aromatic heterocycles. The lowest BCUT2D eigenvalue weighted by Gasteiger charge is -2.09. The normalized spacial score (nSPS) is 10.7. The van der Waals surface area contributed by atoms with E-state index in [0.29, 0.717) is 5.75 Å². The van der Waals surface area contributed by atoms with E-state index in [1.54, 1.807) is 18.3 Å². The Morgan fingerprint density at radius 3 is 2.80 bits per heavy atom. The van der Waals surface area contributed by atoms with Crippen molar-refractivity contribution in [3.05, 3.63) is 60.0 Å². The largest absolute Gasteiger partial charge is 0.478 e. The van der Waals surface area contributed by atoms with Gasteiger partial charge >= 0.3 is 5.97 Å². The van der Waals surface area contributed by atoms with Gasteiger partial charge < -0.3 is 14.8 Å². The summed E-state index contributed by atoms with van der Waals surface area (Å²) in [7, 11) is 0. The highest BCUT2D eigenvalue weighted by atomic mass is 19.1. The molecule has 4 nitrogen and oxygen atoms in total. The average molecular weight is 271 g/mol. The fourth-order valence-corrected chi connectivity index (χ4v) is 1.98. The Morgan fingerprint density at radius 1 is 1.15 bits per heavy atom. The molecule has 5 heteroatoms. The van der Waals surface area contributed by atoms with Gasteiger partial charge in [-0.3, -0.25) is 0 Å². The van der Waals surface area contributed by atoms with Crippen molar-refractivity contribution in [2.24, 2.45) is 0 Å². The second-order valence-corrected chi connectivity index (χ2v) is 4.27. The monoisotopic (exact) mass is 271 g/mol. The number of halogens is 1. The predicted octanol–water partition coefficient (Wildman–Crippen LogP) is 3.80. The second-order valence-electron chi connectivity index (χ2n) is 4.27. The third-order valence-electron chi connectivity index (χ3n) is 2.93. The molecule has 0 fully saturated rings. The summed E-state index contributed by atoms with van der Waals surface area (Å²) in [6.07, 6.45) is 1.79. The summed E-state index contributed by atoms with van der Waals surface area (Å²) in [6.45, 7) is 0. The van der Waals surface area contributed by atoms with Gasteiger partial charge in [0, 0.05) is 23.2 Å². The molecule has 2 N–H and O–H groups in total. The van der Waals surface area contributed by atoms with Crippen LogP contribution in [-0.4, -0.2) is 16.1 Å². The number of aromatic carboxylic acids is 1. The highest BCUT2D eigenvalue weighted by Crippen LogP contribution is 2.28. The Morgan fingerprint density at radius 2 is 2.00 bits per heavy atom. The molecule has 3 aromatic rings. The van der Waals surface area contributed by atoms with Crippen molar-refractivity contribution >= 4 is 16.9 Å².